The van der Waals surface area contributed by atoms with E-state index in [2.05, 4.69) is 10.9 Å². The zero-order valence-electron chi connectivity index (χ0n) is 15.3. The van der Waals surface area contributed by atoms with Gasteiger partial charge in [-0.15, -0.1) is 6.42 Å². The molecule has 0 fully saturated rings. The zero-order valence-corrected chi connectivity index (χ0v) is 16.8. The summed E-state index contributed by atoms with van der Waals surface area (Å²) in [7, 11) is 0. The Kier molecular flexibility index (Phi) is 5.04. The van der Waals surface area contributed by atoms with Gasteiger partial charge in [0, 0.05) is 5.02 Å². The minimum absolute atomic E-state index is 0.197. The van der Waals surface area contributed by atoms with Gasteiger partial charge in [0.05, 0.1) is 23.2 Å². The van der Waals surface area contributed by atoms with Crippen LogP contribution in [0.2, 0.25) is 5.02 Å². The van der Waals surface area contributed by atoms with Gasteiger partial charge < -0.3 is 4.57 Å². The highest BCUT2D eigenvalue weighted by Gasteiger charge is 2.12. The third kappa shape index (κ3) is 3.35. The van der Waals surface area contributed by atoms with Crippen molar-refractivity contribution in [2.45, 2.75) is 19.9 Å². The summed E-state index contributed by atoms with van der Waals surface area (Å²) in [6.45, 7) is 2.29. The van der Waals surface area contributed by atoms with Crippen LogP contribution in [0.15, 0.2) is 59.6 Å². The molecule has 0 bridgehead atoms. The summed E-state index contributed by atoms with van der Waals surface area (Å²) in [5, 5.41) is 2.86. The van der Waals surface area contributed by atoms with Crippen molar-refractivity contribution >= 4 is 49.8 Å². The molecule has 28 heavy (non-hydrogen) atoms. The fourth-order valence-electron chi connectivity index (χ4n) is 3.39. The summed E-state index contributed by atoms with van der Waals surface area (Å²) in [5.41, 5.74) is 2.84. The second-order valence-corrected chi connectivity index (χ2v) is 7.93. The Balaban J connectivity index is 1.79. The van der Waals surface area contributed by atoms with Crippen LogP contribution in [0.25, 0.3) is 21.0 Å². The van der Waals surface area contributed by atoms with Gasteiger partial charge in [0.1, 0.15) is 0 Å². The first kappa shape index (κ1) is 18.5. The molecular weight excluding hydrogens is 388 g/mol. The van der Waals surface area contributed by atoms with Gasteiger partial charge in [-0.25, -0.2) is 0 Å². The molecule has 0 unspecified atom stereocenters. The van der Waals surface area contributed by atoms with E-state index >= 15 is 0 Å². The van der Waals surface area contributed by atoms with Gasteiger partial charge in [0.25, 0.3) is 5.91 Å². The number of carbonyl (C=O) groups is 1. The Hall–Kier alpha value is -2.87. The summed E-state index contributed by atoms with van der Waals surface area (Å²) in [6, 6.07) is 17.8. The van der Waals surface area contributed by atoms with Crippen LogP contribution >= 0.6 is 22.9 Å². The molecule has 0 N–H and O–H groups in total. The molecule has 1 heterocycles. The first-order valence-corrected chi connectivity index (χ1v) is 10.0. The number of hydrogen-bond donors (Lipinski definition) is 0. The van der Waals surface area contributed by atoms with Gasteiger partial charge in [0.2, 0.25) is 0 Å². The van der Waals surface area contributed by atoms with E-state index in [1.54, 1.807) is 0 Å². The monoisotopic (exact) mass is 404 g/mol. The normalized spacial score (nSPS) is 11.8. The number of halogens is 1. The topological polar surface area (TPSA) is 34.4 Å². The third-order valence-corrected chi connectivity index (χ3v) is 6.17. The maximum absolute atomic E-state index is 12.8. The molecule has 0 aliphatic heterocycles. The third-order valence-electron chi connectivity index (χ3n) is 4.72. The van der Waals surface area contributed by atoms with Crippen molar-refractivity contribution < 1.29 is 4.79 Å². The zero-order chi connectivity index (χ0) is 19.7. The molecule has 0 aliphatic carbocycles. The van der Waals surface area contributed by atoms with Gasteiger partial charge in [-0.05, 0) is 41.0 Å². The summed E-state index contributed by atoms with van der Waals surface area (Å²) >= 11 is 7.73. The molecule has 1 aromatic heterocycles. The first-order chi connectivity index (χ1) is 13.6. The quantitative estimate of drug-likeness (QED) is 0.436. The molecule has 0 spiro atoms. The predicted molar refractivity (Wildman–Crippen MR) is 117 cm³/mol. The lowest BCUT2D eigenvalue weighted by Gasteiger charge is -2.05. The standard InChI is InChI=1S/C23H17ClN2OS/c1-3-13-26-22-15(2)19(24)11-12-20(22)28-23(26)25-21(27)14-17-9-6-8-16-7-4-5-10-18(16)17/h1,4-12H,13-14H2,2H3. The van der Waals surface area contributed by atoms with Gasteiger partial charge in [-0.2, -0.15) is 4.99 Å². The van der Waals surface area contributed by atoms with Crippen molar-refractivity contribution in [1.29, 1.82) is 0 Å². The van der Waals surface area contributed by atoms with Crippen LogP contribution in [-0.4, -0.2) is 10.5 Å². The Morgan fingerprint density at radius 2 is 1.96 bits per heavy atom. The number of nitrogens with zero attached hydrogens (tertiary/aromatic N) is 2. The number of aromatic nitrogens is 1. The van der Waals surface area contributed by atoms with Crippen LogP contribution in [0.3, 0.4) is 0 Å². The molecule has 0 radical (unpaired) electrons. The fraction of sp³-hybridized carbons (Fsp3) is 0.130. The SMILES string of the molecule is C#CCn1c(=NC(=O)Cc2cccc3ccccc23)sc2ccc(Cl)c(C)c21. The maximum Gasteiger partial charge on any atom is 0.252 e. The minimum Gasteiger partial charge on any atom is -0.304 e. The molecule has 4 rings (SSSR count). The van der Waals surface area contributed by atoms with E-state index in [0.717, 1.165) is 32.1 Å². The molecule has 4 aromatic rings. The molecule has 0 atom stereocenters. The number of amides is 1. The molecule has 3 nitrogen and oxygen atoms in total. The van der Waals surface area contributed by atoms with Crippen LogP contribution in [0.1, 0.15) is 11.1 Å². The average Bonchev–Trinajstić information content (AvgIpc) is 3.03. The highest BCUT2D eigenvalue weighted by Crippen LogP contribution is 2.27. The summed E-state index contributed by atoms with van der Waals surface area (Å²) in [4.78, 5) is 17.8. The van der Waals surface area contributed by atoms with E-state index in [1.165, 1.54) is 11.3 Å². The van der Waals surface area contributed by atoms with E-state index in [1.807, 2.05) is 66.1 Å². The van der Waals surface area contributed by atoms with Crippen molar-refractivity contribution in [2.24, 2.45) is 4.99 Å². The van der Waals surface area contributed by atoms with Gasteiger partial charge in [-0.1, -0.05) is 71.3 Å². The van der Waals surface area contributed by atoms with E-state index in [0.29, 0.717) is 16.4 Å². The van der Waals surface area contributed by atoms with Crippen LogP contribution in [0, 0.1) is 19.3 Å². The number of rotatable bonds is 3. The molecule has 138 valence electrons. The molecule has 0 saturated heterocycles. The molecular formula is C23H17ClN2OS. The van der Waals surface area contributed by atoms with Gasteiger partial charge in [0.15, 0.2) is 4.80 Å². The lowest BCUT2D eigenvalue weighted by molar-refractivity contribution is -0.117. The summed E-state index contributed by atoms with van der Waals surface area (Å²) < 4.78 is 2.90. The second-order valence-electron chi connectivity index (χ2n) is 6.51. The van der Waals surface area contributed by atoms with Crippen molar-refractivity contribution in [3.63, 3.8) is 0 Å². The number of fused-ring (bicyclic) bond motifs is 2. The fourth-order valence-corrected chi connectivity index (χ4v) is 4.65. The Bertz CT molecular complexity index is 1320. The predicted octanol–water partition coefficient (Wildman–Crippen LogP) is 5.12. The van der Waals surface area contributed by atoms with Crippen molar-refractivity contribution in [3.8, 4) is 12.3 Å². The first-order valence-electron chi connectivity index (χ1n) is 8.84. The van der Waals surface area contributed by atoms with Crippen LogP contribution < -0.4 is 4.80 Å². The number of benzene rings is 3. The van der Waals surface area contributed by atoms with E-state index in [-0.39, 0.29) is 12.3 Å². The van der Waals surface area contributed by atoms with Gasteiger partial charge >= 0.3 is 0 Å². The van der Waals surface area contributed by atoms with Gasteiger partial charge in [-0.3, -0.25) is 4.79 Å². The number of terminal acetylenes is 1. The minimum atomic E-state index is -0.197. The Labute approximate surface area is 171 Å². The summed E-state index contributed by atoms with van der Waals surface area (Å²) in [5.74, 6) is 2.45. The van der Waals surface area contributed by atoms with Crippen LogP contribution in [0.4, 0.5) is 0 Å². The largest absolute Gasteiger partial charge is 0.304 e. The molecule has 0 aliphatic rings. The van der Waals surface area contributed by atoms with Crippen LogP contribution in [0.5, 0.6) is 0 Å². The average molecular weight is 405 g/mol. The van der Waals surface area contributed by atoms with E-state index in [9.17, 15) is 4.79 Å². The van der Waals surface area contributed by atoms with Crippen molar-refractivity contribution in [2.75, 3.05) is 0 Å². The Morgan fingerprint density at radius 1 is 1.18 bits per heavy atom. The number of hydrogen-bond acceptors (Lipinski definition) is 2. The molecule has 5 heteroatoms. The number of carbonyl (C=O) groups excluding carboxylic acids is 1. The maximum atomic E-state index is 12.8. The van der Waals surface area contributed by atoms with Crippen molar-refractivity contribution in [3.05, 3.63) is 75.5 Å². The smallest absolute Gasteiger partial charge is 0.252 e. The lowest BCUT2D eigenvalue weighted by Crippen LogP contribution is -2.17. The molecule has 1 amide bonds. The van der Waals surface area contributed by atoms with E-state index < -0.39 is 0 Å². The van der Waals surface area contributed by atoms with Crippen molar-refractivity contribution in [1.82, 2.24) is 4.57 Å². The molecule has 0 saturated carbocycles. The number of thiazole rings is 1. The summed E-state index contributed by atoms with van der Waals surface area (Å²) in [6.07, 6.45) is 5.80. The van der Waals surface area contributed by atoms with E-state index in [4.69, 9.17) is 18.0 Å². The Morgan fingerprint density at radius 3 is 2.79 bits per heavy atom. The highest BCUT2D eigenvalue weighted by molar-refractivity contribution is 7.16. The number of aryl methyl sites for hydroxylation is 1. The lowest BCUT2D eigenvalue weighted by atomic mass is 10.0. The van der Waals surface area contributed by atoms with Crippen LogP contribution in [-0.2, 0) is 17.8 Å². The highest BCUT2D eigenvalue weighted by atomic mass is 35.5. The second kappa shape index (κ2) is 7.63. The molecule has 3 aromatic carbocycles.